The highest BCUT2D eigenvalue weighted by Crippen LogP contribution is 2.38. The lowest BCUT2D eigenvalue weighted by Gasteiger charge is -2.39. The Morgan fingerprint density at radius 3 is 2.80 bits per heavy atom. The molecule has 0 spiro atoms. The number of aromatic nitrogens is 3. The number of methoxy groups -OCH3 is 1. The predicted molar refractivity (Wildman–Crippen MR) is 127 cm³/mol. The number of halogens is 2. The number of ether oxygens (including phenoxy) is 2. The van der Waals surface area contributed by atoms with Gasteiger partial charge in [0.05, 0.1) is 42.2 Å². The maximum atomic E-state index is 14.2. The molecule has 2 fully saturated rings. The van der Waals surface area contributed by atoms with E-state index in [2.05, 4.69) is 15.0 Å². The molecule has 2 aromatic heterocycles. The summed E-state index contributed by atoms with van der Waals surface area (Å²) in [7, 11) is 1.72. The van der Waals surface area contributed by atoms with E-state index in [4.69, 9.17) is 21.1 Å². The molecule has 0 saturated carbocycles. The Labute approximate surface area is 207 Å². The molecule has 2 unspecified atom stereocenters. The first kappa shape index (κ1) is 22.7. The molecular formula is C25H27ClFN5O3. The van der Waals surface area contributed by atoms with Crippen LogP contribution in [0.15, 0.2) is 30.6 Å². The number of nitrogens with zero attached hydrogens (tertiary/aromatic N) is 5. The Morgan fingerprint density at radius 2 is 2.03 bits per heavy atom. The fraction of sp³-hybridized carbons (Fsp3) is 0.480. The number of benzene rings is 1. The minimum Gasteiger partial charge on any atom is -0.489 e. The van der Waals surface area contributed by atoms with Crippen LogP contribution in [0.2, 0.25) is 5.02 Å². The average Bonchev–Trinajstić information content (AvgIpc) is 3.46. The minimum atomic E-state index is -0.416. The second-order valence-corrected chi connectivity index (χ2v) is 10.0. The van der Waals surface area contributed by atoms with Crippen molar-refractivity contribution in [3.8, 4) is 5.75 Å². The van der Waals surface area contributed by atoms with E-state index in [9.17, 15) is 9.18 Å². The molecule has 2 bridgehead atoms. The van der Waals surface area contributed by atoms with Crippen LogP contribution in [0.5, 0.6) is 5.75 Å². The Bertz CT molecular complexity index is 1270. The van der Waals surface area contributed by atoms with Crippen molar-refractivity contribution in [2.24, 2.45) is 0 Å². The first-order chi connectivity index (χ1) is 17.0. The summed E-state index contributed by atoms with van der Waals surface area (Å²) in [6.45, 7) is 2.37. The number of piperidine rings is 1. The van der Waals surface area contributed by atoms with Gasteiger partial charge in [0, 0.05) is 43.6 Å². The summed E-state index contributed by atoms with van der Waals surface area (Å²) >= 11 is 6.02. The molecule has 2 atom stereocenters. The van der Waals surface area contributed by atoms with Crippen molar-refractivity contribution in [1.82, 2.24) is 24.4 Å². The molecule has 3 aliphatic rings. The molecule has 0 aliphatic carbocycles. The van der Waals surface area contributed by atoms with Crippen LogP contribution in [0, 0.1) is 5.82 Å². The standard InChI is InChI=1S/C25H27ClFN5O3/c1-34-7-6-31-17-3-4-18(31)10-19(9-17)35-23-8-16(27)2-5-20(23)25(33)30-13-21-22(14-30)29-32-12-15(26)11-28-24(21)32/h2,5,8,11-12,17-19H,3-4,6-7,9-10,13-14H2,1H3. The van der Waals surface area contributed by atoms with E-state index in [1.54, 1.807) is 28.9 Å². The monoisotopic (exact) mass is 499 g/mol. The van der Waals surface area contributed by atoms with Gasteiger partial charge in [-0.3, -0.25) is 9.69 Å². The van der Waals surface area contributed by atoms with Crippen LogP contribution in [-0.4, -0.2) is 68.8 Å². The van der Waals surface area contributed by atoms with Crippen molar-refractivity contribution in [3.05, 3.63) is 58.3 Å². The first-order valence-electron chi connectivity index (χ1n) is 12.0. The Kier molecular flexibility index (Phi) is 5.86. The van der Waals surface area contributed by atoms with Gasteiger partial charge in [0.15, 0.2) is 5.65 Å². The maximum absolute atomic E-state index is 14.2. The van der Waals surface area contributed by atoms with Gasteiger partial charge in [-0.1, -0.05) is 11.6 Å². The largest absolute Gasteiger partial charge is 0.489 e. The molecule has 0 N–H and O–H groups in total. The first-order valence-corrected chi connectivity index (χ1v) is 12.4. The fourth-order valence-electron chi connectivity index (χ4n) is 5.87. The van der Waals surface area contributed by atoms with E-state index >= 15 is 0 Å². The van der Waals surface area contributed by atoms with Crippen LogP contribution >= 0.6 is 11.6 Å². The Hall–Kier alpha value is -2.75. The number of rotatable bonds is 6. The number of carbonyl (C=O) groups is 1. The zero-order valence-corrected chi connectivity index (χ0v) is 20.2. The molecule has 2 saturated heterocycles. The summed E-state index contributed by atoms with van der Waals surface area (Å²) in [6, 6.07) is 5.05. The third-order valence-corrected chi connectivity index (χ3v) is 7.65. The molecule has 3 aliphatic heterocycles. The lowest BCUT2D eigenvalue weighted by Crippen LogP contribution is -2.47. The zero-order valence-electron chi connectivity index (χ0n) is 19.5. The van der Waals surface area contributed by atoms with Crippen LogP contribution in [-0.2, 0) is 17.8 Å². The zero-order chi connectivity index (χ0) is 24.1. The fourth-order valence-corrected chi connectivity index (χ4v) is 6.01. The normalized spacial score (nSPS) is 23.7. The summed E-state index contributed by atoms with van der Waals surface area (Å²) in [4.78, 5) is 22.1. The summed E-state index contributed by atoms with van der Waals surface area (Å²) < 4.78 is 27.5. The number of hydrogen-bond acceptors (Lipinski definition) is 6. The van der Waals surface area contributed by atoms with E-state index in [0.29, 0.717) is 53.8 Å². The molecule has 3 aromatic rings. The van der Waals surface area contributed by atoms with Crippen LogP contribution in [0.4, 0.5) is 4.39 Å². The second kappa shape index (κ2) is 9.04. The molecular weight excluding hydrogens is 473 g/mol. The topological polar surface area (TPSA) is 72.2 Å². The Balaban J connectivity index is 1.19. The van der Waals surface area contributed by atoms with Gasteiger partial charge in [-0.15, -0.1) is 0 Å². The number of hydrogen-bond donors (Lipinski definition) is 0. The van der Waals surface area contributed by atoms with Crippen molar-refractivity contribution in [2.75, 3.05) is 20.3 Å². The molecule has 1 amide bonds. The Morgan fingerprint density at radius 1 is 1.23 bits per heavy atom. The molecule has 5 heterocycles. The van der Waals surface area contributed by atoms with Crippen LogP contribution in [0.1, 0.15) is 47.3 Å². The van der Waals surface area contributed by atoms with Gasteiger partial charge in [-0.05, 0) is 37.8 Å². The van der Waals surface area contributed by atoms with Crippen LogP contribution in [0.25, 0.3) is 5.65 Å². The average molecular weight is 500 g/mol. The lowest BCUT2D eigenvalue weighted by atomic mass is 9.99. The number of amides is 1. The highest BCUT2D eigenvalue weighted by Gasteiger charge is 2.41. The second-order valence-electron chi connectivity index (χ2n) is 9.59. The molecule has 184 valence electrons. The summed E-state index contributed by atoms with van der Waals surface area (Å²) in [5, 5.41) is 5.03. The van der Waals surface area contributed by atoms with Crippen molar-refractivity contribution in [3.63, 3.8) is 0 Å². The van der Waals surface area contributed by atoms with Gasteiger partial charge >= 0.3 is 0 Å². The van der Waals surface area contributed by atoms with Gasteiger partial charge < -0.3 is 14.4 Å². The van der Waals surface area contributed by atoms with Gasteiger partial charge in [-0.2, -0.15) is 5.10 Å². The minimum absolute atomic E-state index is 0.0476. The van der Waals surface area contributed by atoms with Crippen molar-refractivity contribution in [2.45, 2.75) is 57.0 Å². The van der Waals surface area contributed by atoms with E-state index < -0.39 is 5.82 Å². The maximum Gasteiger partial charge on any atom is 0.258 e. The molecule has 1 aromatic carbocycles. The predicted octanol–water partition coefficient (Wildman–Crippen LogP) is 3.70. The number of fused-ring (bicyclic) bond motifs is 5. The molecule has 35 heavy (non-hydrogen) atoms. The van der Waals surface area contributed by atoms with Crippen molar-refractivity contribution < 1.29 is 18.7 Å². The molecule has 8 nitrogen and oxygen atoms in total. The summed E-state index contributed by atoms with van der Waals surface area (Å²) in [5.74, 6) is -0.306. The van der Waals surface area contributed by atoms with Crippen molar-refractivity contribution >= 4 is 23.2 Å². The summed E-state index contributed by atoms with van der Waals surface area (Å²) in [5.41, 5.74) is 2.75. The third kappa shape index (κ3) is 4.15. The quantitative estimate of drug-likeness (QED) is 0.515. The van der Waals surface area contributed by atoms with Crippen LogP contribution in [0.3, 0.4) is 0 Å². The molecule has 6 rings (SSSR count). The lowest BCUT2D eigenvalue weighted by molar-refractivity contribution is 0.0322. The molecule has 10 heteroatoms. The van der Waals surface area contributed by atoms with E-state index in [1.807, 2.05) is 0 Å². The smallest absolute Gasteiger partial charge is 0.258 e. The van der Waals surface area contributed by atoms with Crippen LogP contribution < -0.4 is 4.74 Å². The summed E-state index contributed by atoms with van der Waals surface area (Å²) in [6.07, 6.45) is 7.23. The van der Waals surface area contributed by atoms with Gasteiger partial charge in [0.25, 0.3) is 5.91 Å². The van der Waals surface area contributed by atoms with E-state index in [0.717, 1.165) is 43.5 Å². The van der Waals surface area contributed by atoms with Gasteiger partial charge in [0.1, 0.15) is 17.7 Å². The third-order valence-electron chi connectivity index (χ3n) is 7.46. The number of carbonyl (C=O) groups excluding carboxylic acids is 1. The molecule has 0 radical (unpaired) electrons. The van der Waals surface area contributed by atoms with E-state index in [1.165, 1.54) is 18.2 Å². The van der Waals surface area contributed by atoms with E-state index in [-0.39, 0.29) is 12.0 Å². The SMILES string of the molecule is COCCN1C2CCC1CC(Oc1cc(F)ccc1C(=O)N1Cc3nn4cc(Cl)cnc4c3C1)C2. The van der Waals surface area contributed by atoms with Gasteiger partial charge in [-0.25, -0.2) is 13.9 Å². The highest BCUT2D eigenvalue weighted by molar-refractivity contribution is 6.30. The van der Waals surface area contributed by atoms with Gasteiger partial charge in [0.2, 0.25) is 0 Å². The van der Waals surface area contributed by atoms with Crippen molar-refractivity contribution in [1.29, 1.82) is 0 Å². The highest BCUT2D eigenvalue weighted by atomic mass is 35.5.